The molecule has 0 aliphatic carbocycles. The summed E-state index contributed by atoms with van der Waals surface area (Å²) < 4.78 is 4.92. The van der Waals surface area contributed by atoms with Gasteiger partial charge in [0.25, 0.3) is 0 Å². The molecule has 0 aliphatic heterocycles. The van der Waals surface area contributed by atoms with Gasteiger partial charge >= 0.3 is 11.9 Å². The molecule has 0 aromatic rings. The SMILES string of the molecule is C=C(CCCCCCCCCCCCC)C(=O)OCC.C=CC(=O)O. The summed E-state index contributed by atoms with van der Waals surface area (Å²) in [6.45, 7) is 11.3. The van der Waals surface area contributed by atoms with Crippen LogP contribution >= 0.6 is 0 Å². The molecule has 0 fully saturated rings. The van der Waals surface area contributed by atoms with Crippen LogP contribution in [0, 0.1) is 0 Å². The first-order valence-corrected chi connectivity index (χ1v) is 9.69. The number of carbonyl (C=O) groups is 2. The van der Waals surface area contributed by atoms with Gasteiger partial charge in [-0.3, -0.25) is 0 Å². The highest BCUT2D eigenvalue weighted by atomic mass is 16.5. The second-order valence-corrected chi connectivity index (χ2v) is 6.15. The number of ether oxygens (including phenoxy) is 1. The first kappa shape index (κ1) is 25.7. The van der Waals surface area contributed by atoms with E-state index in [0.717, 1.165) is 18.9 Å². The zero-order chi connectivity index (χ0) is 19.3. The Hall–Kier alpha value is -1.58. The average molecular weight is 355 g/mol. The second-order valence-electron chi connectivity index (χ2n) is 6.15. The summed E-state index contributed by atoms with van der Waals surface area (Å²) in [4.78, 5) is 20.6. The fraction of sp³-hybridized carbons (Fsp3) is 0.714. The van der Waals surface area contributed by atoms with E-state index in [0.29, 0.717) is 12.2 Å². The van der Waals surface area contributed by atoms with Crippen molar-refractivity contribution in [2.24, 2.45) is 0 Å². The molecule has 146 valence electrons. The number of rotatable bonds is 15. The Bertz CT molecular complexity index is 361. The van der Waals surface area contributed by atoms with Crippen LogP contribution < -0.4 is 0 Å². The molecule has 4 heteroatoms. The van der Waals surface area contributed by atoms with Crippen LogP contribution in [0.3, 0.4) is 0 Å². The summed E-state index contributed by atoms with van der Waals surface area (Å²) in [7, 11) is 0. The molecule has 0 radical (unpaired) electrons. The number of carbonyl (C=O) groups excluding carboxylic acids is 1. The van der Waals surface area contributed by atoms with E-state index in [-0.39, 0.29) is 5.97 Å². The number of hydrogen-bond donors (Lipinski definition) is 1. The van der Waals surface area contributed by atoms with Gasteiger partial charge in [-0.1, -0.05) is 84.3 Å². The smallest absolute Gasteiger partial charge is 0.333 e. The molecule has 1 N–H and O–H groups in total. The lowest BCUT2D eigenvalue weighted by atomic mass is 10.0. The highest BCUT2D eigenvalue weighted by Gasteiger charge is 2.06. The number of unbranched alkanes of at least 4 members (excludes halogenated alkanes) is 10. The van der Waals surface area contributed by atoms with E-state index in [1.165, 1.54) is 64.2 Å². The Balaban J connectivity index is 0. The summed E-state index contributed by atoms with van der Waals surface area (Å²) in [5.74, 6) is -1.20. The number of aliphatic carboxylic acids is 1. The van der Waals surface area contributed by atoms with Crippen molar-refractivity contribution in [3.63, 3.8) is 0 Å². The van der Waals surface area contributed by atoms with Gasteiger partial charge in [-0.25, -0.2) is 9.59 Å². The molecule has 0 amide bonds. The molecule has 0 saturated carbocycles. The Kier molecular flexibility index (Phi) is 21.0. The van der Waals surface area contributed by atoms with Gasteiger partial charge in [-0.2, -0.15) is 0 Å². The molecular formula is C21H38O4. The first-order chi connectivity index (χ1) is 12.0. The Morgan fingerprint density at radius 1 is 0.880 bits per heavy atom. The minimum atomic E-state index is -0.981. The predicted molar refractivity (Wildman–Crippen MR) is 105 cm³/mol. The summed E-state index contributed by atoms with van der Waals surface area (Å²) >= 11 is 0. The minimum absolute atomic E-state index is 0.223. The van der Waals surface area contributed by atoms with Crippen LogP contribution in [-0.4, -0.2) is 23.7 Å². The van der Waals surface area contributed by atoms with E-state index in [9.17, 15) is 9.59 Å². The van der Waals surface area contributed by atoms with E-state index in [2.05, 4.69) is 20.1 Å². The maximum atomic E-state index is 11.3. The standard InChI is InChI=1S/C18H34O2.C3H4O2/c1-4-6-7-8-9-10-11-12-13-14-15-16-17(3)18(19)20-5-2;1-2-3(4)5/h3-16H2,1-2H3;2H,1H2,(H,4,5). The van der Waals surface area contributed by atoms with Crippen molar-refractivity contribution < 1.29 is 19.4 Å². The van der Waals surface area contributed by atoms with E-state index in [4.69, 9.17) is 9.84 Å². The molecule has 4 nitrogen and oxygen atoms in total. The molecule has 0 rings (SSSR count). The van der Waals surface area contributed by atoms with E-state index >= 15 is 0 Å². The predicted octanol–water partition coefficient (Wildman–Crippen LogP) is 6.06. The lowest BCUT2D eigenvalue weighted by Gasteiger charge is -2.05. The monoisotopic (exact) mass is 354 g/mol. The van der Waals surface area contributed by atoms with Gasteiger partial charge in [0.05, 0.1) is 6.61 Å². The van der Waals surface area contributed by atoms with Gasteiger partial charge in [0.2, 0.25) is 0 Å². The van der Waals surface area contributed by atoms with Crippen LogP contribution in [0.2, 0.25) is 0 Å². The third-order valence-electron chi connectivity index (χ3n) is 3.82. The second kappa shape index (κ2) is 20.5. The molecule has 0 aromatic heterocycles. The normalized spacial score (nSPS) is 9.68. The fourth-order valence-electron chi connectivity index (χ4n) is 2.34. The van der Waals surface area contributed by atoms with Crippen molar-refractivity contribution in [3.8, 4) is 0 Å². The highest BCUT2D eigenvalue weighted by molar-refractivity contribution is 5.87. The molecule has 0 atom stereocenters. The van der Waals surface area contributed by atoms with Crippen LogP contribution in [0.25, 0.3) is 0 Å². The van der Waals surface area contributed by atoms with Gasteiger partial charge < -0.3 is 9.84 Å². The Morgan fingerprint density at radius 3 is 1.64 bits per heavy atom. The average Bonchev–Trinajstić information content (AvgIpc) is 2.60. The zero-order valence-electron chi connectivity index (χ0n) is 16.4. The van der Waals surface area contributed by atoms with Crippen molar-refractivity contribution in [1.29, 1.82) is 0 Å². The van der Waals surface area contributed by atoms with Gasteiger partial charge in [0.15, 0.2) is 0 Å². The highest BCUT2D eigenvalue weighted by Crippen LogP contribution is 2.13. The Labute approximate surface area is 154 Å². The summed E-state index contributed by atoms with van der Waals surface area (Å²) in [6.07, 6.45) is 16.2. The van der Waals surface area contributed by atoms with Crippen molar-refractivity contribution >= 4 is 11.9 Å². The Morgan fingerprint density at radius 2 is 1.28 bits per heavy atom. The molecule has 0 aliphatic rings. The van der Waals surface area contributed by atoms with Gasteiger partial charge in [0.1, 0.15) is 0 Å². The van der Waals surface area contributed by atoms with Gasteiger partial charge in [-0.15, -0.1) is 0 Å². The van der Waals surface area contributed by atoms with Crippen LogP contribution in [0.15, 0.2) is 24.8 Å². The van der Waals surface area contributed by atoms with E-state index < -0.39 is 5.97 Å². The van der Waals surface area contributed by atoms with Crippen LogP contribution in [0.1, 0.15) is 90.9 Å². The lowest BCUT2D eigenvalue weighted by molar-refractivity contribution is -0.138. The number of hydrogen-bond acceptors (Lipinski definition) is 3. The summed E-state index contributed by atoms with van der Waals surface area (Å²) in [6, 6.07) is 0. The molecule has 0 aromatic carbocycles. The quantitative estimate of drug-likeness (QED) is 0.220. The maximum absolute atomic E-state index is 11.3. The van der Waals surface area contributed by atoms with E-state index in [1.807, 2.05) is 6.92 Å². The summed E-state index contributed by atoms with van der Waals surface area (Å²) in [5, 5.41) is 7.60. The van der Waals surface area contributed by atoms with Crippen LogP contribution in [0.4, 0.5) is 0 Å². The third-order valence-corrected chi connectivity index (χ3v) is 3.82. The molecular weight excluding hydrogens is 316 g/mol. The molecule has 0 spiro atoms. The number of esters is 1. The van der Waals surface area contributed by atoms with Gasteiger partial charge in [-0.05, 0) is 19.8 Å². The van der Waals surface area contributed by atoms with E-state index in [1.54, 1.807) is 0 Å². The number of carboxylic acids is 1. The third kappa shape index (κ3) is 22.4. The number of carboxylic acid groups (broad SMARTS) is 1. The fourth-order valence-corrected chi connectivity index (χ4v) is 2.34. The van der Waals surface area contributed by atoms with Crippen LogP contribution in [0.5, 0.6) is 0 Å². The summed E-state index contributed by atoms with van der Waals surface area (Å²) in [5.41, 5.74) is 0.628. The van der Waals surface area contributed by atoms with Gasteiger partial charge in [0, 0.05) is 11.6 Å². The largest absolute Gasteiger partial charge is 0.478 e. The first-order valence-electron chi connectivity index (χ1n) is 9.69. The molecule has 0 unspecified atom stereocenters. The van der Waals surface area contributed by atoms with Crippen molar-refractivity contribution in [1.82, 2.24) is 0 Å². The molecule has 25 heavy (non-hydrogen) atoms. The molecule has 0 bridgehead atoms. The topological polar surface area (TPSA) is 63.6 Å². The zero-order valence-corrected chi connectivity index (χ0v) is 16.4. The molecule has 0 heterocycles. The van der Waals surface area contributed by atoms with Crippen molar-refractivity contribution in [3.05, 3.63) is 24.8 Å². The maximum Gasteiger partial charge on any atom is 0.333 e. The van der Waals surface area contributed by atoms with Crippen molar-refractivity contribution in [2.45, 2.75) is 90.9 Å². The minimum Gasteiger partial charge on any atom is -0.478 e. The lowest BCUT2D eigenvalue weighted by Crippen LogP contribution is -2.06. The van der Waals surface area contributed by atoms with Crippen LogP contribution in [-0.2, 0) is 14.3 Å². The molecule has 0 saturated heterocycles. The van der Waals surface area contributed by atoms with Crippen molar-refractivity contribution in [2.75, 3.05) is 6.61 Å².